The highest BCUT2D eigenvalue weighted by Crippen LogP contribution is 2.29. The molecule has 0 amide bonds. The zero-order valence-corrected chi connectivity index (χ0v) is 18.5. The van der Waals surface area contributed by atoms with Gasteiger partial charge in [-0.1, -0.05) is 25.5 Å². The van der Waals surface area contributed by atoms with Gasteiger partial charge in [-0.25, -0.2) is 9.67 Å². The van der Waals surface area contributed by atoms with Crippen LogP contribution in [-0.2, 0) is 30.2 Å². The first-order valence-corrected chi connectivity index (χ1v) is 10.7. The standard InChI is InChI=1S/C24H23F3N4O3/c1-2-5-20-18(15-31(30-20)21-10-9-19(14-29-21)24(25,26)27)8-4-11-34-23-16(12-22(32)33)6-3-7-17(23)13-28/h3,6-7,9-10,14-15H,2,4-5,8,11-12H2,1H3,(H,32,33). The van der Waals surface area contributed by atoms with Gasteiger partial charge in [-0.2, -0.15) is 23.5 Å². The molecule has 1 N–H and O–H groups in total. The number of carbonyl (C=O) groups is 1. The number of ether oxygens (including phenoxy) is 1. The Bertz CT molecular complexity index is 1180. The van der Waals surface area contributed by atoms with Crippen LogP contribution in [0.15, 0.2) is 42.7 Å². The summed E-state index contributed by atoms with van der Waals surface area (Å²) in [6.07, 6.45) is 0.513. The molecule has 3 rings (SSSR count). The van der Waals surface area contributed by atoms with E-state index in [4.69, 9.17) is 9.84 Å². The molecule has 10 heteroatoms. The van der Waals surface area contributed by atoms with Crippen molar-refractivity contribution in [3.8, 4) is 17.6 Å². The van der Waals surface area contributed by atoms with Gasteiger partial charge in [-0.15, -0.1) is 0 Å². The van der Waals surface area contributed by atoms with E-state index >= 15 is 0 Å². The number of nitriles is 1. The predicted molar refractivity (Wildman–Crippen MR) is 117 cm³/mol. The second-order valence-electron chi connectivity index (χ2n) is 7.63. The highest BCUT2D eigenvalue weighted by molar-refractivity contribution is 5.72. The Balaban J connectivity index is 1.71. The van der Waals surface area contributed by atoms with E-state index in [0.29, 0.717) is 24.8 Å². The third-order valence-corrected chi connectivity index (χ3v) is 5.07. The van der Waals surface area contributed by atoms with Crippen LogP contribution in [0.5, 0.6) is 5.75 Å². The monoisotopic (exact) mass is 472 g/mol. The van der Waals surface area contributed by atoms with E-state index in [-0.39, 0.29) is 30.2 Å². The highest BCUT2D eigenvalue weighted by atomic mass is 19.4. The van der Waals surface area contributed by atoms with Gasteiger partial charge in [0.1, 0.15) is 11.8 Å². The fourth-order valence-corrected chi connectivity index (χ4v) is 3.49. The van der Waals surface area contributed by atoms with Crippen LogP contribution in [0, 0.1) is 11.3 Å². The van der Waals surface area contributed by atoms with Crippen molar-refractivity contribution < 1.29 is 27.8 Å². The first kappa shape index (κ1) is 24.8. The van der Waals surface area contributed by atoms with Crippen molar-refractivity contribution in [2.24, 2.45) is 0 Å². The van der Waals surface area contributed by atoms with Gasteiger partial charge in [0.25, 0.3) is 0 Å². The molecule has 0 radical (unpaired) electrons. The van der Waals surface area contributed by atoms with Gasteiger partial charge in [0.2, 0.25) is 0 Å². The third kappa shape index (κ3) is 6.13. The fourth-order valence-electron chi connectivity index (χ4n) is 3.49. The van der Waals surface area contributed by atoms with Gasteiger partial charge >= 0.3 is 12.1 Å². The van der Waals surface area contributed by atoms with E-state index in [0.717, 1.165) is 29.9 Å². The highest BCUT2D eigenvalue weighted by Gasteiger charge is 2.30. The Morgan fingerprint density at radius 2 is 2.00 bits per heavy atom. The second-order valence-corrected chi connectivity index (χ2v) is 7.63. The molecule has 0 aliphatic carbocycles. The topological polar surface area (TPSA) is 101 Å². The number of aromatic nitrogens is 3. The van der Waals surface area contributed by atoms with Crippen molar-refractivity contribution in [2.75, 3.05) is 6.61 Å². The number of carboxylic acids is 1. The lowest BCUT2D eigenvalue weighted by Crippen LogP contribution is -2.07. The number of aliphatic carboxylic acids is 1. The van der Waals surface area contributed by atoms with Crippen molar-refractivity contribution in [3.63, 3.8) is 0 Å². The lowest BCUT2D eigenvalue weighted by Gasteiger charge is -2.12. The Hall–Kier alpha value is -3.87. The van der Waals surface area contributed by atoms with Gasteiger partial charge in [-0.05, 0) is 43.0 Å². The van der Waals surface area contributed by atoms with Gasteiger partial charge in [0.05, 0.1) is 29.8 Å². The molecule has 34 heavy (non-hydrogen) atoms. The maximum absolute atomic E-state index is 12.8. The summed E-state index contributed by atoms with van der Waals surface area (Å²) in [6, 6.07) is 9.07. The number of carboxylic acid groups (broad SMARTS) is 1. The van der Waals surface area contributed by atoms with E-state index in [1.165, 1.54) is 10.7 Å². The first-order chi connectivity index (χ1) is 16.2. The summed E-state index contributed by atoms with van der Waals surface area (Å²) in [5, 5.41) is 22.9. The normalized spacial score (nSPS) is 11.3. The minimum absolute atomic E-state index is 0.251. The molecule has 0 aliphatic heterocycles. The number of nitrogens with zero attached hydrogens (tertiary/aromatic N) is 4. The molecule has 3 aromatic rings. The zero-order chi connectivity index (χ0) is 24.7. The smallest absolute Gasteiger partial charge is 0.417 e. The van der Waals surface area contributed by atoms with E-state index < -0.39 is 17.7 Å². The molecule has 0 saturated carbocycles. The number of hydrogen-bond donors (Lipinski definition) is 1. The molecule has 178 valence electrons. The molecule has 0 unspecified atom stereocenters. The summed E-state index contributed by atoms with van der Waals surface area (Å²) < 4.78 is 45.7. The molecule has 7 nitrogen and oxygen atoms in total. The summed E-state index contributed by atoms with van der Waals surface area (Å²) in [5.74, 6) is -0.464. The molecule has 1 aromatic carbocycles. The van der Waals surface area contributed by atoms with Crippen LogP contribution < -0.4 is 4.74 Å². The number of para-hydroxylation sites is 1. The quantitative estimate of drug-likeness (QED) is 0.428. The van der Waals surface area contributed by atoms with E-state index in [1.54, 1.807) is 24.4 Å². The third-order valence-electron chi connectivity index (χ3n) is 5.07. The summed E-state index contributed by atoms with van der Waals surface area (Å²) in [6.45, 7) is 2.26. The summed E-state index contributed by atoms with van der Waals surface area (Å²) in [5.41, 5.74) is 1.63. The molecule has 0 atom stereocenters. The largest absolute Gasteiger partial charge is 0.492 e. The van der Waals surface area contributed by atoms with Crippen LogP contribution in [0.4, 0.5) is 13.2 Å². The van der Waals surface area contributed by atoms with Crippen LogP contribution in [0.3, 0.4) is 0 Å². The Labute approximate surface area is 194 Å². The molecule has 0 saturated heterocycles. The Morgan fingerprint density at radius 1 is 1.21 bits per heavy atom. The Kier molecular flexibility index (Phi) is 7.89. The Morgan fingerprint density at radius 3 is 2.62 bits per heavy atom. The van der Waals surface area contributed by atoms with Crippen LogP contribution in [0.2, 0.25) is 0 Å². The number of rotatable bonds is 10. The van der Waals surface area contributed by atoms with Crippen LogP contribution in [0.25, 0.3) is 5.82 Å². The average Bonchev–Trinajstić information content (AvgIpc) is 3.19. The second kappa shape index (κ2) is 10.8. The van der Waals surface area contributed by atoms with Crippen LogP contribution >= 0.6 is 0 Å². The lowest BCUT2D eigenvalue weighted by molar-refractivity contribution is -0.138. The molecular formula is C24H23F3N4O3. The molecular weight excluding hydrogens is 449 g/mol. The summed E-state index contributed by atoms with van der Waals surface area (Å²) in [4.78, 5) is 15.0. The molecule has 2 heterocycles. The molecule has 0 fully saturated rings. The average molecular weight is 472 g/mol. The molecule has 0 aliphatic rings. The first-order valence-electron chi connectivity index (χ1n) is 10.7. The maximum atomic E-state index is 12.8. The number of pyridine rings is 1. The van der Waals surface area contributed by atoms with Crippen molar-refractivity contribution in [1.29, 1.82) is 5.26 Å². The molecule has 0 bridgehead atoms. The summed E-state index contributed by atoms with van der Waals surface area (Å²) in [7, 11) is 0. The minimum Gasteiger partial charge on any atom is -0.492 e. The maximum Gasteiger partial charge on any atom is 0.417 e. The van der Waals surface area contributed by atoms with Crippen molar-refractivity contribution in [2.45, 2.75) is 45.2 Å². The fraction of sp³-hybridized carbons (Fsp3) is 0.333. The molecule has 2 aromatic heterocycles. The van der Waals surface area contributed by atoms with Crippen molar-refractivity contribution in [1.82, 2.24) is 14.8 Å². The number of benzene rings is 1. The number of hydrogen-bond acceptors (Lipinski definition) is 5. The lowest BCUT2D eigenvalue weighted by atomic mass is 10.1. The van der Waals surface area contributed by atoms with Crippen molar-refractivity contribution >= 4 is 5.97 Å². The minimum atomic E-state index is -4.46. The van der Waals surface area contributed by atoms with Crippen LogP contribution in [-0.4, -0.2) is 32.4 Å². The van der Waals surface area contributed by atoms with E-state index in [1.807, 2.05) is 13.0 Å². The summed E-state index contributed by atoms with van der Waals surface area (Å²) >= 11 is 0. The zero-order valence-electron chi connectivity index (χ0n) is 18.5. The van der Waals surface area contributed by atoms with Crippen LogP contribution in [0.1, 0.15) is 47.7 Å². The van der Waals surface area contributed by atoms with Crippen molar-refractivity contribution in [3.05, 3.63) is 70.7 Å². The van der Waals surface area contributed by atoms with Gasteiger partial charge in [-0.3, -0.25) is 4.79 Å². The number of alkyl halides is 3. The van der Waals surface area contributed by atoms with Gasteiger partial charge in [0.15, 0.2) is 5.82 Å². The molecule has 0 spiro atoms. The van der Waals surface area contributed by atoms with Gasteiger partial charge in [0, 0.05) is 18.0 Å². The predicted octanol–water partition coefficient (Wildman–Crippen LogP) is 4.75. The van der Waals surface area contributed by atoms with E-state index in [2.05, 4.69) is 10.1 Å². The number of halogens is 3. The SMILES string of the molecule is CCCc1nn(-c2ccc(C(F)(F)F)cn2)cc1CCCOc1c(C#N)cccc1CC(=O)O. The van der Waals surface area contributed by atoms with E-state index in [9.17, 15) is 23.2 Å². The number of aryl methyl sites for hydroxylation is 2. The van der Waals surface area contributed by atoms with Gasteiger partial charge < -0.3 is 9.84 Å².